The van der Waals surface area contributed by atoms with Crippen LogP contribution >= 0.6 is 0 Å². The van der Waals surface area contributed by atoms with Crippen LogP contribution in [0.1, 0.15) is 80.9 Å². The molecule has 0 aliphatic carbocycles. The third-order valence-corrected chi connectivity index (χ3v) is 5.75. The van der Waals surface area contributed by atoms with Crippen molar-refractivity contribution < 1.29 is 28.2 Å². The molecule has 7 heteroatoms. The number of carbonyl (C=O) groups excluding carboxylic acids is 2. The van der Waals surface area contributed by atoms with Crippen molar-refractivity contribution in [3.63, 3.8) is 0 Å². The highest BCUT2D eigenvalue weighted by Crippen LogP contribution is 2.46. The number of hydrogen-bond acceptors (Lipinski definition) is 6. The van der Waals surface area contributed by atoms with Crippen molar-refractivity contribution in [2.45, 2.75) is 71.3 Å². The number of esters is 2. The fourth-order valence-electron chi connectivity index (χ4n) is 4.35. The summed E-state index contributed by atoms with van der Waals surface area (Å²) in [6, 6.07) is 9.08. The van der Waals surface area contributed by atoms with Gasteiger partial charge in [0.05, 0.1) is 24.2 Å². The van der Waals surface area contributed by atoms with E-state index >= 15 is 0 Å². The van der Waals surface area contributed by atoms with Gasteiger partial charge >= 0.3 is 11.9 Å². The summed E-state index contributed by atoms with van der Waals surface area (Å²) >= 11 is 0. The van der Waals surface area contributed by atoms with Crippen molar-refractivity contribution in [1.82, 2.24) is 0 Å². The summed E-state index contributed by atoms with van der Waals surface area (Å²) in [5.74, 6) is -1.42. The Morgan fingerprint density at radius 2 is 1.91 bits per heavy atom. The van der Waals surface area contributed by atoms with Gasteiger partial charge in [0.2, 0.25) is 0 Å². The molecule has 0 atom stereocenters. The van der Waals surface area contributed by atoms with Gasteiger partial charge in [-0.2, -0.15) is 5.26 Å². The van der Waals surface area contributed by atoms with Gasteiger partial charge in [-0.3, -0.25) is 4.79 Å². The van der Waals surface area contributed by atoms with E-state index in [0.29, 0.717) is 18.8 Å². The number of fused-ring (bicyclic) bond motifs is 1. The van der Waals surface area contributed by atoms with Crippen LogP contribution in [0.15, 0.2) is 30.3 Å². The maximum atomic E-state index is 14.5. The smallest absolute Gasteiger partial charge is 0.343 e. The van der Waals surface area contributed by atoms with E-state index in [9.17, 15) is 19.2 Å². The summed E-state index contributed by atoms with van der Waals surface area (Å²) in [5, 5.41) is 9.67. The summed E-state index contributed by atoms with van der Waals surface area (Å²) < 4.78 is 31.0. The Balaban J connectivity index is 1.79. The van der Waals surface area contributed by atoms with Gasteiger partial charge in [0, 0.05) is 11.6 Å². The molecule has 0 radical (unpaired) electrons. The van der Waals surface area contributed by atoms with E-state index in [-0.39, 0.29) is 34.3 Å². The molecule has 3 rings (SSSR count). The van der Waals surface area contributed by atoms with Crippen LogP contribution in [-0.4, -0.2) is 24.1 Å². The van der Waals surface area contributed by atoms with E-state index in [1.54, 1.807) is 6.07 Å². The van der Waals surface area contributed by atoms with Crippen LogP contribution in [0.2, 0.25) is 0 Å². The monoisotopic (exact) mass is 467 g/mol. The van der Waals surface area contributed by atoms with Gasteiger partial charge in [-0.05, 0) is 55.9 Å². The van der Waals surface area contributed by atoms with Gasteiger partial charge in [-0.25, -0.2) is 9.18 Å². The predicted octanol–water partition coefficient (Wildman–Crippen LogP) is 5.64. The zero-order valence-corrected chi connectivity index (χ0v) is 20.3. The number of carbonyl (C=O) groups is 2. The van der Waals surface area contributed by atoms with Gasteiger partial charge in [0.1, 0.15) is 29.0 Å². The fraction of sp³-hybridized carbons (Fsp3) is 0.444. The normalized spacial score (nSPS) is 15.4. The van der Waals surface area contributed by atoms with E-state index in [1.807, 2.05) is 34.6 Å². The average molecular weight is 468 g/mol. The van der Waals surface area contributed by atoms with Gasteiger partial charge in [0.25, 0.3) is 0 Å². The maximum absolute atomic E-state index is 14.5. The highest BCUT2D eigenvalue weighted by Gasteiger charge is 2.40. The summed E-state index contributed by atoms with van der Waals surface area (Å²) in [6.45, 7) is 10.3. The van der Waals surface area contributed by atoms with E-state index in [1.165, 1.54) is 18.2 Å². The zero-order valence-electron chi connectivity index (χ0n) is 20.3. The first-order chi connectivity index (χ1) is 16.0. The van der Waals surface area contributed by atoms with Crippen LogP contribution in [0.5, 0.6) is 11.5 Å². The molecule has 1 heterocycles. The molecule has 1 aliphatic rings. The predicted molar refractivity (Wildman–Crippen MR) is 124 cm³/mol. The van der Waals surface area contributed by atoms with E-state index in [0.717, 1.165) is 24.5 Å². The largest absolute Gasteiger partial charge is 0.486 e. The number of nitriles is 1. The summed E-state index contributed by atoms with van der Waals surface area (Å²) in [7, 11) is 0. The first kappa shape index (κ1) is 25.2. The molecule has 0 unspecified atom stereocenters. The Morgan fingerprint density at radius 1 is 1.18 bits per heavy atom. The van der Waals surface area contributed by atoms with Crippen LogP contribution in [0.4, 0.5) is 4.39 Å². The first-order valence-electron chi connectivity index (χ1n) is 11.4. The number of nitrogens with zero attached hydrogens (tertiary/aromatic N) is 1. The molecule has 34 heavy (non-hydrogen) atoms. The second-order valence-corrected chi connectivity index (χ2v) is 9.83. The zero-order chi connectivity index (χ0) is 25.1. The summed E-state index contributed by atoms with van der Waals surface area (Å²) in [4.78, 5) is 24.7. The second kappa shape index (κ2) is 9.84. The van der Waals surface area contributed by atoms with Crippen LogP contribution in [-0.2, 0) is 21.4 Å². The quantitative estimate of drug-likeness (QED) is 0.298. The van der Waals surface area contributed by atoms with Gasteiger partial charge in [0.15, 0.2) is 0 Å². The minimum atomic E-state index is -0.717. The standard InChI is InChI=1S/C27H30FNO5/c1-6-7-10-32-23(30)13-17-8-9-20(14-22(17)28)33-25(31)18-11-19(15-29)24-21(12-18)26(2,3)16-27(4,5)34-24/h8-9,11-12,14H,6-7,10,13,16H2,1-5H3. The number of unbranched alkanes of at least 4 members (excludes halogenated alkanes) is 1. The van der Waals surface area contributed by atoms with Crippen LogP contribution in [0.3, 0.4) is 0 Å². The van der Waals surface area contributed by atoms with Crippen LogP contribution in [0, 0.1) is 17.1 Å². The lowest BCUT2D eigenvalue weighted by Crippen LogP contribution is -2.41. The Kier molecular flexibility index (Phi) is 7.30. The highest BCUT2D eigenvalue weighted by atomic mass is 19.1. The summed E-state index contributed by atoms with van der Waals surface area (Å²) in [6.07, 6.45) is 2.14. The van der Waals surface area contributed by atoms with Crippen molar-refractivity contribution in [3.8, 4) is 17.6 Å². The molecule has 0 spiro atoms. The number of benzene rings is 2. The molecule has 1 aliphatic heterocycles. The number of ether oxygens (including phenoxy) is 3. The molecule has 180 valence electrons. The van der Waals surface area contributed by atoms with Crippen molar-refractivity contribution in [3.05, 3.63) is 58.4 Å². The average Bonchev–Trinajstić information content (AvgIpc) is 2.74. The van der Waals surface area contributed by atoms with Crippen molar-refractivity contribution in [2.24, 2.45) is 0 Å². The molecule has 2 aromatic rings. The van der Waals surface area contributed by atoms with Gasteiger partial charge in [-0.1, -0.05) is 33.3 Å². The van der Waals surface area contributed by atoms with E-state index in [2.05, 4.69) is 6.07 Å². The van der Waals surface area contributed by atoms with Gasteiger partial charge < -0.3 is 14.2 Å². The third-order valence-electron chi connectivity index (χ3n) is 5.75. The molecule has 0 bridgehead atoms. The lowest BCUT2D eigenvalue weighted by molar-refractivity contribution is -0.143. The third kappa shape index (κ3) is 5.74. The maximum Gasteiger partial charge on any atom is 0.343 e. The SMILES string of the molecule is CCCCOC(=O)Cc1ccc(OC(=O)c2cc(C#N)c3c(c2)C(C)(C)CC(C)(C)O3)cc1F. The number of rotatable bonds is 7. The molecule has 0 aromatic heterocycles. The molecule has 0 N–H and O–H groups in total. The summed E-state index contributed by atoms with van der Waals surface area (Å²) in [5.41, 5.74) is 0.540. The Hall–Kier alpha value is -3.40. The van der Waals surface area contributed by atoms with Gasteiger partial charge in [-0.15, -0.1) is 0 Å². The topological polar surface area (TPSA) is 85.6 Å². The number of hydrogen-bond donors (Lipinski definition) is 0. The molecular weight excluding hydrogens is 437 g/mol. The molecule has 0 saturated heterocycles. The van der Waals surface area contributed by atoms with Crippen LogP contribution in [0.25, 0.3) is 0 Å². The second-order valence-electron chi connectivity index (χ2n) is 9.83. The molecule has 6 nitrogen and oxygen atoms in total. The lowest BCUT2D eigenvalue weighted by atomic mass is 9.72. The minimum absolute atomic E-state index is 0.00141. The van der Waals surface area contributed by atoms with Crippen molar-refractivity contribution in [1.29, 1.82) is 5.26 Å². The van der Waals surface area contributed by atoms with E-state index < -0.39 is 23.4 Å². The Labute approximate surface area is 199 Å². The highest BCUT2D eigenvalue weighted by molar-refractivity contribution is 5.92. The lowest BCUT2D eigenvalue weighted by Gasteiger charge is -2.42. The first-order valence-corrected chi connectivity index (χ1v) is 11.4. The molecular formula is C27H30FNO5. The van der Waals surface area contributed by atoms with Crippen LogP contribution < -0.4 is 9.47 Å². The molecule has 2 aromatic carbocycles. The minimum Gasteiger partial charge on any atom is -0.486 e. The molecule has 0 amide bonds. The Morgan fingerprint density at radius 3 is 2.56 bits per heavy atom. The van der Waals surface area contributed by atoms with Crippen molar-refractivity contribution >= 4 is 11.9 Å². The van der Waals surface area contributed by atoms with Crippen molar-refractivity contribution in [2.75, 3.05) is 6.61 Å². The fourth-order valence-corrected chi connectivity index (χ4v) is 4.35. The number of halogens is 1. The molecule has 0 saturated carbocycles. The van der Waals surface area contributed by atoms with E-state index in [4.69, 9.17) is 14.2 Å². The Bertz CT molecular complexity index is 1150. The molecule has 0 fully saturated rings.